The average Bonchev–Trinajstić information content (AvgIpc) is 2.64. The van der Waals surface area contributed by atoms with Gasteiger partial charge < -0.3 is 14.8 Å². The van der Waals surface area contributed by atoms with Crippen LogP contribution in [-0.4, -0.2) is 44.5 Å². The number of H-pyrrole nitrogens is 1. The van der Waals surface area contributed by atoms with Crippen LogP contribution in [0.3, 0.4) is 0 Å². The minimum Gasteiger partial charge on any atom is -0.437 e. The number of nitrogens with one attached hydrogen (secondary N) is 1. The summed E-state index contributed by atoms with van der Waals surface area (Å²) in [5, 5.41) is 9.93. The zero-order chi connectivity index (χ0) is 14.4. The van der Waals surface area contributed by atoms with E-state index in [0.717, 1.165) is 12.8 Å². The number of pyridine rings is 1. The lowest BCUT2D eigenvalue weighted by molar-refractivity contribution is 0.154. The fourth-order valence-corrected chi connectivity index (χ4v) is 2.87. The molecule has 1 fully saturated rings. The Morgan fingerprint density at radius 2 is 2.25 bits per heavy atom. The van der Waals surface area contributed by atoms with Crippen LogP contribution in [0.25, 0.3) is 11.2 Å². The Labute approximate surface area is 121 Å². The summed E-state index contributed by atoms with van der Waals surface area (Å²) in [6, 6.07) is 3.82. The third-order valence-corrected chi connectivity index (χ3v) is 4.36. The molecule has 2 N–H and O–H groups in total. The van der Waals surface area contributed by atoms with Gasteiger partial charge in [-0.15, -0.1) is 0 Å². The molecule has 0 saturated heterocycles. The van der Waals surface area contributed by atoms with Crippen molar-refractivity contribution in [3.8, 4) is 0 Å². The van der Waals surface area contributed by atoms with E-state index in [-0.39, 0.29) is 17.8 Å². The Kier molecular flexibility index (Phi) is 3.36. The predicted octanol–water partition coefficient (Wildman–Crippen LogP) is 1.12. The fourth-order valence-electron chi connectivity index (χ4n) is 2.72. The summed E-state index contributed by atoms with van der Waals surface area (Å²) in [6.07, 6.45) is 1.64. The summed E-state index contributed by atoms with van der Waals surface area (Å²) in [7, 11) is 1.41. The van der Waals surface area contributed by atoms with Gasteiger partial charge in [-0.2, -0.15) is 0 Å². The Balaban J connectivity index is 1.88. The number of rotatable bonds is 3. The highest BCUT2D eigenvalue weighted by Crippen LogP contribution is 2.36. The maximum Gasteiger partial charge on any atom is 0.376 e. The first kappa shape index (κ1) is 13.7. The predicted molar refractivity (Wildman–Crippen MR) is 79.0 cm³/mol. The van der Waals surface area contributed by atoms with Crippen LogP contribution in [0.15, 0.2) is 16.9 Å². The van der Waals surface area contributed by atoms with E-state index in [1.165, 1.54) is 0 Å². The van der Waals surface area contributed by atoms with Crippen LogP contribution in [-0.2, 0) is 0 Å². The molecule has 106 valence electrons. The van der Waals surface area contributed by atoms with Crippen LogP contribution in [0.2, 0.25) is 12.0 Å². The molecule has 8 heteroatoms. The zero-order valence-corrected chi connectivity index (χ0v) is 12.1. The quantitative estimate of drug-likeness (QED) is 0.657. The number of aromatic amines is 1. The Bertz CT molecular complexity index is 692. The first-order chi connectivity index (χ1) is 9.47. The van der Waals surface area contributed by atoms with Crippen molar-refractivity contribution in [1.82, 2.24) is 19.3 Å². The Hall–Kier alpha value is -1.31. The van der Waals surface area contributed by atoms with Crippen molar-refractivity contribution >= 4 is 29.8 Å². The van der Waals surface area contributed by atoms with Gasteiger partial charge in [0.15, 0.2) is 5.65 Å². The van der Waals surface area contributed by atoms with Gasteiger partial charge in [-0.1, -0.05) is 11.6 Å². The molecule has 6 nitrogen and oxygen atoms in total. The van der Waals surface area contributed by atoms with Crippen LogP contribution in [0.1, 0.15) is 18.9 Å². The Morgan fingerprint density at radius 3 is 2.90 bits per heavy atom. The Morgan fingerprint density at radius 1 is 1.55 bits per heavy atom. The first-order valence-corrected chi connectivity index (χ1v) is 7.02. The van der Waals surface area contributed by atoms with E-state index in [0.29, 0.717) is 16.3 Å². The SMILES string of the molecule is CB(O)N(C)C1CC(n2c(=O)[nH]c3ccc(Cl)nc32)C1. The second-order valence-electron chi connectivity index (χ2n) is 5.38. The van der Waals surface area contributed by atoms with Crippen LogP contribution < -0.4 is 5.69 Å². The van der Waals surface area contributed by atoms with Crippen molar-refractivity contribution in [2.75, 3.05) is 7.05 Å². The number of fused-ring (bicyclic) bond motifs is 1. The van der Waals surface area contributed by atoms with Crippen molar-refractivity contribution < 1.29 is 5.02 Å². The molecular weight excluding hydrogens is 278 g/mol. The van der Waals surface area contributed by atoms with E-state index < -0.39 is 7.05 Å². The molecule has 0 bridgehead atoms. The number of aromatic nitrogens is 3. The number of nitrogens with zero attached hydrogens (tertiary/aromatic N) is 3. The molecule has 0 aliphatic heterocycles. The van der Waals surface area contributed by atoms with Gasteiger partial charge in [-0.3, -0.25) is 4.57 Å². The number of hydrogen-bond donors (Lipinski definition) is 2. The molecule has 0 amide bonds. The van der Waals surface area contributed by atoms with Crippen molar-refractivity contribution in [3.63, 3.8) is 0 Å². The minimum absolute atomic E-state index is 0.105. The maximum absolute atomic E-state index is 12.1. The molecule has 1 aliphatic rings. The lowest BCUT2D eigenvalue weighted by Gasteiger charge is -2.42. The topological polar surface area (TPSA) is 74.2 Å². The molecule has 0 atom stereocenters. The summed E-state index contributed by atoms with van der Waals surface area (Å²) < 4.78 is 1.67. The average molecular weight is 295 g/mol. The molecule has 1 aliphatic carbocycles. The second kappa shape index (κ2) is 4.91. The molecule has 20 heavy (non-hydrogen) atoms. The standard InChI is InChI=1S/C12H16BClN4O2/c1-13(20)17(2)7-5-8(6-7)18-11-9(15-12(18)19)3-4-10(14)16-11/h3-4,7-8,20H,5-6H2,1-2H3,(H,15,19). The molecule has 2 heterocycles. The molecular formula is C12H16BClN4O2. The summed E-state index contributed by atoms with van der Waals surface area (Å²) >= 11 is 5.90. The summed E-state index contributed by atoms with van der Waals surface area (Å²) in [4.78, 5) is 21.0. The molecule has 2 aromatic heterocycles. The van der Waals surface area contributed by atoms with Gasteiger partial charge in [0.1, 0.15) is 5.15 Å². The van der Waals surface area contributed by atoms with Crippen molar-refractivity contribution in [2.24, 2.45) is 0 Å². The monoisotopic (exact) mass is 294 g/mol. The van der Waals surface area contributed by atoms with Gasteiger partial charge >= 0.3 is 12.7 Å². The van der Waals surface area contributed by atoms with Gasteiger partial charge in [0, 0.05) is 12.1 Å². The van der Waals surface area contributed by atoms with Crippen molar-refractivity contribution in [1.29, 1.82) is 0 Å². The van der Waals surface area contributed by atoms with Gasteiger partial charge in [0.05, 0.1) is 5.52 Å². The minimum atomic E-state index is -0.479. The van der Waals surface area contributed by atoms with E-state index in [4.69, 9.17) is 11.6 Å². The summed E-state index contributed by atoms with van der Waals surface area (Å²) in [5.41, 5.74) is 1.15. The summed E-state index contributed by atoms with van der Waals surface area (Å²) in [5.74, 6) is 0. The lowest BCUT2D eigenvalue weighted by atomic mass is 9.76. The number of hydrogen-bond acceptors (Lipinski definition) is 4. The summed E-state index contributed by atoms with van der Waals surface area (Å²) in [6.45, 7) is 1.74. The van der Waals surface area contributed by atoms with E-state index >= 15 is 0 Å². The maximum atomic E-state index is 12.1. The smallest absolute Gasteiger partial charge is 0.376 e. The van der Waals surface area contributed by atoms with E-state index in [9.17, 15) is 9.82 Å². The second-order valence-corrected chi connectivity index (χ2v) is 5.77. The van der Waals surface area contributed by atoms with Gasteiger partial charge in [0.25, 0.3) is 0 Å². The molecule has 1 saturated carbocycles. The molecule has 0 radical (unpaired) electrons. The third kappa shape index (κ3) is 2.15. The largest absolute Gasteiger partial charge is 0.437 e. The van der Waals surface area contributed by atoms with Crippen LogP contribution in [0.4, 0.5) is 0 Å². The molecule has 0 unspecified atom stereocenters. The van der Waals surface area contributed by atoms with Gasteiger partial charge in [0.2, 0.25) is 0 Å². The van der Waals surface area contributed by atoms with Gasteiger partial charge in [-0.05, 0) is 38.8 Å². The molecule has 2 aromatic rings. The molecule has 3 rings (SSSR count). The van der Waals surface area contributed by atoms with Crippen LogP contribution in [0, 0.1) is 0 Å². The normalized spacial score (nSPS) is 22.2. The highest BCUT2D eigenvalue weighted by Gasteiger charge is 2.37. The fraction of sp³-hybridized carbons (Fsp3) is 0.500. The van der Waals surface area contributed by atoms with E-state index in [2.05, 4.69) is 9.97 Å². The zero-order valence-electron chi connectivity index (χ0n) is 11.4. The highest BCUT2D eigenvalue weighted by atomic mass is 35.5. The highest BCUT2D eigenvalue weighted by molar-refractivity contribution is 6.45. The third-order valence-electron chi connectivity index (χ3n) is 4.15. The van der Waals surface area contributed by atoms with E-state index in [1.54, 1.807) is 23.5 Å². The molecule has 0 spiro atoms. The lowest BCUT2D eigenvalue weighted by Crippen LogP contribution is -2.50. The molecule has 0 aromatic carbocycles. The van der Waals surface area contributed by atoms with Gasteiger partial charge in [-0.25, -0.2) is 9.78 Å². The number of imidazole rings is 1. The first-order valence-electron chi connectivity index (χ1n) is 6.64. The number of halogens is 1. The van der Waals surface area contributed by atoms with Crippen molar-refractivity contribution in [3.05, 3.63) is 27.8 Å². The van der Waals surface area contributed by atoms with Crippen molar-refractivity contribution in [2.45, 2.75) is 31.7 Å². The van der Waals surface area contributed by atoms with Crippen LogP contribution >= 0.6 is 11.6 Å². The van der Waals surface area contributed by atoms with E-state index in [1.807, 2.05) is 11.9 Å². The van der Waals surface area contributed by atoms with Crippen LogP contribution in [0.5, 0.6) is 0 Å².